The van der Waals surface area contributed by atoms with Crippen LogP contribution in [0.1, 0.15) is 24.5 Å². The molecule has 0 radical (unpaired) electrons. The van der Waals surface area contributed by atoms with Crippen LogP contribution in [0.15, 0.2) is 41.3 Å². The molecule has 2 aromatic carbocycles. The standard InChI is InChI=1S/C19H15F7O2S/c1-2-28-15(27)9-10-29-17-12(6-4-8-14(17)19(24,25)26)11-5-3-7-13(16(11)20)18(21,22)23/h3-8H,2,9-10H2,1H3. The smallest absolute Gasteiger partial charge is 0.419 e. The zero-order chi connectivity index (χ0) is 21.8. The van der Waals surface area contributed by atoms with E-state index in [2.05, 4.69) is 0 Å². The summed E-state index contributed by atoms with van der Waals surface area (Å²) in [4.78, 5) is 11.0. The van der Waals surface area contributed by atoms with Crippen LogP contribution in [0.5, 0.6) is 0 Å². The minimum atomic E-state index is -5.00. The first-order valence-electron chi connectivity index (χ1n) is 8.31. The lowest BCUT2D eigenvalue weighted by Gasteiger charge is -2.18. The number of rotatable bonds is 6. The summed E-state index contributed by atoms with van der Waals surface area (Å²) >= 11 is 0.603. The van der Waals surface area contributed by atoms with Gasteiger partial charge in [-0.3, -0.25) is 4.79 Å². The van der Waals surface area contributed by atoms with E-state index in [0.717, 1.165) is 30.3 Å². The van der Waals surface area contributed by atoms with Gasteiger partial charge >= 0.3 is 18.3 Å². The molecule has 2 nitrogen and oxygen atoms in total. The van der Waals surface area contributed by atoms with Crippen molar-refractivity contribution in [1.29, 1.82) is 0 Å². The van der Waals surface area contributed by atoms with Gasteiger partial charge in [0.1, 0.15) is 5.82 Å². The lowest BCUT2D eigenvalue weighted by Crippen LogP contribution is -2.11. The normalized spacial score (nSPS) is 12.1. The highest BCUT2D eigenvalue weighted by Crippen LogP contribution is 2.44. The Hall–Kier alpha value is -2.23. The van der Waals surface area contributed by atoms with Crippen LogP contribution in [0.2, 0.25) is 0 Å². The van der Waals surface area contributed by atoms with Gasteiger partial charge in [-0.15, -0.1) is 11.8 Å². The largest absolute Gasteiger partial charge is 0.466 e. The van der Waals surface area contributed by atoms with Gasteiger partial charge in [-0.1, -0.05) is 24.3 Å². The van der Waals surface area contributed by atoms with Crippen molar-refractivity contribution < 1.29 is 40.3 Å². The molecular weight excluding hydrogens is 425 g/mol. The molecule has 0 heterocycles. The lowest BCUT2D eigenvalue weighted by molar-refractivity contribution is -0.142. The Balaban J connectivity index is 2.54. The Morgan fingerprint density at radius 3 is 2.03 bits per heavy atom. The minimum absolute atomic E-state index is 0.101. The Morgan fingerprint density at radius 1 is 0.931 bits per heavy atom. The molecule has 158 valence electrons. The van der Waals surface area contributed by atoms with Crippen molar-refractivity contribution in [2.45, 2.75) is 30.6 Å². The molecular formula is C19H15F7O2S. The molecule has 29 heavy (non-hydrogen) atoms. The summed E-state index contributed by atoms with van der Waals surface area (Å²) in [6.07, 6.45) is -10.0. The lowest BCUT2D eigenvalue weighted by atomic mass is 9.99. The van der Waals surface area contributed by atoms with Gasteiger partial charge in [0.25, 0.3) is 0 Å². The fourth-order valence-corrected chi connectivity index (χ4v) is 3.70. The van der Waals surface area contributed by atoms with E-state index < -0.39 is 45.7 Å². The van der Waals surface area contributed by atoms with Crippen LogP contribution in [0, 0.1) is 5.82 Å². The molecule has 0 unspecified atom stereocenters. The molecule has 0 aliphatic heterocycles. The first-order valence-corrected chi connectivity index (χ1v) is 9.30. The summed E-state index contributed by atoms with van der Waals surface area (Å²) in [7, 11) is 0. The third kappa shape index (κ3) is 5.65. The van der Waals surface area contributed by atoms with E-state index in [0.29, 0.717) is 17.8 Å². The number of halogens is 7. The fraction of sp³-hybridized carbons (Fsp3) is 0.316. The van der Waals surface area contributed by atoms with Gasteiger partial charge in [-0.25, -0.2) is 4.39 Å². The van der Waals surface area contributed by atoms with Crippen molar-refractivity contribution in [3.8, 4) is 11.1 Å². The molecule has 0 fully saturated rings. The summed E-state index contributed by atoms with van der Waals surface area (Å²) in [6, 6.07) is 5.28. The molecule has 0 bridgehead atoms. The number of thioether (sulfide) groups is 1. The highest BCUT2D eigenvalue weighted by molar-refractivity contribution is 7.99. The second-order valence-corrected chi connectivity index (χ2v) is 6.85. The van der Waals surface area contributed by atoms with Gasteiger partial charge in [-0.05, 0) is 24.6 Å². The minimum Gasteiger partial charge on any atom is -0.466 e. The predicted octanol–water partition coefficient (Wildman–Crippen LogP) is 6.58. The van der Waals surface area contributed by atoms with Crippen molar-refractivity contribution in [2.24, 2.45) is 0 Å². The van der Waals surface area contributed by atoms with E-state index in [1.165, 1.54) is 0 Å². The average Bonchev–Trinajstić information content (AvgIpc) is 2.60. The maximum absolute atomic E-state index is 14.5. The highest BCUT2D eigenvalue weighted by atomic mass is 32.2. The van der Waals surface area contributed by atoms with E-state index in [-0.39, 0.29) is 24.3 Å². The summed E-state index contributed by atoms with van der Waals surface area (Å²) in [5.74, 6) is -2.41. The van der Waals surface area contributed by atoms with Gasteiger partial charge in [-0.2, -0.15) is 26.3 Å². The first kappa shape index (κ1) is 23.1. The second-order valence-electron chi connectivity index (χ2n) is 5.75. The Bertz CT molecular complexity index is 876. The number of hydrogen-bond donors (Lipinski definition) is 0. The molecule has 0 aliphatic rings. The Morgan fingerprint density at radius 2 is 1.48 bits per heavy atom. The van der Waals surface area contributed by atoms with Gasteiger partial charge in [0, 0.05) is 16.2 Å². The van der Waals surface area contributed by atoms with Crippen LogP contribution in [0.4, 0.5) is 30.7 Å². The van der Waals surface area contributed by atoms with E-state index in [4.69, 9.17) is 4.74 Å². The van der Waals surface area contributed by atoms with Crippen LogP contribution in [0.3, 0.4) is 0 Å². The van der Waals surface area contributed by atoms with Crippen LogP contribution in [0.25, 0.3) is 11.1 Å². The SMILES string of the molecule is CCOC(=O)CCSc1c(-c2cccc(C(F)(F)F)c2F)cccc1C(F)(F)F. The molecule has 0 atom stereocenters. The maximum atomic E-state index is 14.5. The third-order valence-corrected chi connectivity index (χ3v) is 4.91. The molecule has 0 saturated carbocycles. The zero-order valence-corrected chi connectivity index (χ0v) is 15.8. The first-order chi connectivity index (χ1) is 13.5. The zero-order valence-electron chi connectivity index (χ0n) is 15.0. The van der Waals surface area contributed by atoms with Crippen molar-refractivity contribution >= 4 is 17.7 Å². The molecule has 2 aromatic rings. The molecule has 0 N–H and O–H groups in total. The van der Waals surface area contributed by atoms with Crippen LogP contribution in [-0.2, 0) is 21.9 Å². The van der Waals surface area contributed by atoms with Crippen LogP contribution in [-0.4, -0.2) is 18.3 Å². The Labute approximate surface area is 166 Å². The highest BCUT2D eigenvalue weighted by Gasteiger charge is 2.37. The second kappa shape index (κ2) is 9.06. The molecule has 2 rings (SSSR count). The molecule has 0 aromatic heterocycles. The molecule has 0 aliphatic carbocycles. The van der Waals surface area contributed by atoms with E-state index in [1.54, 1.807) is 6.92 Å². The summed E-state index contributed by atoms with van der Waals surface area (Å²) in [5, 5.41) is 0. The Kier molecular flexibility index (Phi) is 7.20. The van der Waals surface area contributed by atoms with E-state index >= 15 is 0 Å². The van der Waals surface area contributed by atoms with Gasteiger partial charge < -0.3 is 4.74 Å². The quantitative estimate of drug-likeness (QED) is 0.289. The number of ether oxygens (including phenoxy) is 1. The average molecular weight is 440 g/mol. The monoisotopic (exact) mass is 440 g/mol. The van der Waals surface area contributed by atoms with Crippen molar-refractivity contribution in [3.05, 3.63) is 53.3 Å². The fourth-order valence-electron chi connectivity index (χ4n) is 2.56. The summed E-state index contributed by atoms with van der Waals surface area (Å²) in [5.41, 5.74) is -3.64. The number of alkyl halides is 6. The van der Waals surface area contributed by atoms with Crippen molar-refractivity contribution in [2.75, 3.05) is 12.4 Å². The van der Waals surface area contributed by atoms with Gasteiger partial charge in [0.15, 0.2) is 0 Å². The number of carbonyl (C=O) groups is 1. The van der Waals surface area contributed by atoms with Gasteiger partial charge in [0.05, 0.1) is 24.2 Å². The summed E-state index contributed by atoms with van der Waals surface area (Å²) < 4.78 is 98.6. The number of hydrogen-bond acceptors (Lipinski definition) is 3. The number of benzene rings is 2. The van der Waals surface area contributed by atoms with Crippen molar-refractivity contribution in [3.63, 3.8) is 0 Å². The molecule has 0 spiro atoms. The van der Waals surface area contributed by atoms with E-state index in [1.807, 2.05) is 0 Å². The number of esters is 1. The maximum Gasteiger partial charge on any atom is 0.419 e. The van der Waals surface area contributed by atoms with Crippen molar-refractivity contribution in [1.82, 2.24) is 0 Å². The summed E-state index contributed by atoms with van der Waals surface area (Å²) in [6.45, 7) is 1.67. The van der Waals surface area contributed by atoms with Crippen LogP contribution < -0.4 is 0 Å². The molecule has 10 heteroatoms. The number of carbonyl (C=O) groups excluding carboxylic acids is 1. The molecule has 0 amide bonds. The molecule has 0 saturated heterocycles. The van der Waals surface area contributed by atoms with E-state index in [9.17, 15) is 35.5 Å². The topological polar surface area (TPSA) is 26.3 Å². The van der Waals surface area contributed by atoms with Gasteiger partial charge in [0.2, 0.25) is 0 Å². The third-order valence-electron chi connectivity index (χ3n) is 3.77. The predicted molar refractivity (Wildman–Crippen MR) is 93.8 cm³/mol. The van der Waals surface area contributed by atoms with Crippen LogP contribution >= 0.6 is 11.8 Å².